The van der Waals surface area contributed by atoms with Crippen LogP contribution in [0.2, 0.25) is 0 Å². The lowest BCUT2D eigenvalue weighted by atomic mass is 10.0. The molecule has 0 rings (SSSR count). The largest absolute Gasteiger partial charge is 0.238 e. The first-order valence-corrected chi connectivity index (χ1v) is 12.6. The van der Waals surface area contributed by atoms with E-state index in [-0.39, 0.29) is 6.42 Å². The van der Waals surface area contributed by atoms with Crippen LogP contribution in [0.15, 0.2) is 0 Å². The fourth-order valence-electron chi connectivity index (χ4n) is 3.91. The van der Waals surface area contributed by atoms with E-state index in [0.29, 0.717) is 6.42 Å². The first-order valence-electron chi connectivity index (χ1n) is 12.6. The fraction of sp³-hybridized carbons (Fsp3) is 1.00. The van der Waals surface area contributed by atoms with Crippen molar-refractivity contribution >= 4 is 0 Å². The van der Waals surface area contributed by atoms with Gasteiger partial charge in [0.05, 0.1) is 0 Å². The minimum atomic E-state index is -2.10. The molecule has 0 aromatic heterocycles. The molecular weight excluding hydrogens is 338 g/mol. The minimum absolute atomic E-state index is 0.0964. The molecule has 0 unspecified atom stereocenters. The molecule has 0 nitrogen and oxygen atoms in total. The average Bonchev–Trinajstić information content (AvgIpc) is 2.65. The normalized spacial score (nSPS) is 11.6. The summed E-state index contributed by atoms with van der Waals surface area (Å²) in [6.45, 7) is 2.29. The Labute approximate surface area is 170 Å². The van der Waals surface area contributed by atoms with Crippen LogP contribution in [0.25, 0.3) is 0 Å². The van der Waals surface area contributed by atoms with E-state index < -0.39 is 6.43 Å². The molecule has 0 aromatic carbocycles. The first-order chi connectivity index (χ1) is 13.3. The molecule has 0 saturated heterocycles. The molecule has 164 valence electrons. The van der Waals surface area contributed by atoms with Crippen molar-refractivity contribution in [3.05, 3.63) is 0 Å². The molecule has 0 aliphatic rings. The maximum Gasteiger partial charge on any atom is 0.238 e. The van der Waals surface area contributed by atoms with Crippen molar-refractivity contribution in [2.45, 2.75) is 161 Å². The Bertz CT molecular complexity index is 253. The highest BCUT2D eigenvalue weighted by Crippen LogP contribution is 2.15. The number of rotatable bonds is 23. The van der Waals surface area contributed by atoms with E-state index in [4.69, 9.17) is 0 Å². The van der Waals surface area contributed by atoms with Crippen LogP contribution in [0, 0.1) is 0 Å². The van der Waals surface area contributed by atoms with E-state index >= 15 is 0 Å². The summed E-state index contributed by atoms with van der Waals surface area (Å²) in [7, 11) is 0. The smallest absolute Gasteiger partial charge is 0.211 e. The summed E-state index contributed by atoms with van der Waals surface area (Å²) in [5.41, 5.74) is 0. The Morgan fingerprint density at radius 1 is 0.370 bits per heavy atom. The van der Waals surface area contributed by atoms with Gasteiger partial charge >= 0.3 is 0 Å². The van der Waals surface area contributed by atoms with Gasteiger partial charge in [-0.15, -0.1) is 0 Å². The number of alkyl halides is 2. The van der Waals surface area contributed by atoms with Gasteiger partial charge in [-0.3, -0.25) is 0 Å². The number of unbranched alkanes of at least 4 members (excludes halogenated alkanes) is 21. The summed E-state index contributed by atoms with van der Waals surface area (Å²) >= 11 is 0. The van der Waals surface area contributed by atoms with E-state index in [9.17, 15) is 8.78 Å². The van der Waals surface area contributed by atoms with Crippen LogP contribution in [0.4, 0.5) is 8.78 Å². The van der Waals surface area contributed by atoms with Gasteiger partial charge in [-0.05, 0) is 6.42 Å². The van der Waals surface area contributed by atoms with Gasteiger partial charge in [-0.25, -0.2) is 8.78 Å². The van der Waals surface area contributed by atoms with Crippen molar-refractivity contribution in [3.63, 3.8) is 0 Å². The average molecular weight is 389 g/mol. The molecule has 0 saturated carbocycles. The van der Waals surface area contributed by atoms with Crippen LogP contribution >= 0.6 is 0 Å². The van der Waals surface area contributed by atoms with E-state index in [0.717, 1.165) is 12.8 Å². The van der Waals surface area contributed by atoms with Gasteiger partial charge in [-0.1, -0.05) is 142 Å². The Morgan fingerprint density at radius 3 is 0.815 bits per heavy atom. The SMILES string of the molecule is CCCCCCCCCCCCCCCCCCCCCCCCC(F)F. The van der Waals surface area contributed by atoms with Crippen molar-refractivity contribution in [1.29, 1.82) is 0 Å². The van der Waals surface area contributed by atoms with Crippen LogP contribution in [0.5, 0.6) is 0 Å². The third-order valence-corrected chi connectivity index (χ3v) is 5.78. The molecule has 0 bridgehead atoms. The van der Waals surface area contributed by atoms with E-state index in [2.05, 4.69) is 6.92 Å². The monoisotopic (exact) mass is 388 g/mol. The zero-order valence-electron chi connectivity index (χ0n) is 18.6. The fourth-order valence-corrected chi connectivity index (χ4v) is 3.91. The summed E-state index contributed by atoms with van der Waals surface area (Å²) in [6.07, 6.45) is 27.6. The van der Waals surface area contributed by atoms with Gasteiger partial charge < -0.3 is 0 Å². The summed E-state index contributed by atoms with van der Waals surface area (Å²) < 4.78 is 24.0. The van der Waals surface area contributed by atoms with Gasteiger partial charge in [0.15, 0.2) is 0 Å². The third-order valence-electron chi connectivity index (χ3n) is 5.78. The molecule has 0 atom stereocenters. The highest BCUT2D eigenvalue weighted by molar-refractivity contribution is 4.51. The van der Waals surface area contributed by atoms with Gasteiger partial charge in [0.25, 0.3) is 0 Å². The highest BCUT2D eigenvalue weighted by Gasteiger charge is 2.00. The van der Waals surface area contributed by atoms with Crippen LogP contribution in [-0.4, -0.2) is 6.43 Å². The van der Waals surface area contributed by atoms with E-state index in [1.54, 1.807) is 0 Å². The highest BCUT2D eigenvalue weighted by atomic mass is 19.3. The molecule has 0 radical (unpaired) electrons. The maximum atomic E-state index is 12.0. The molecule has 0 fully saturated rings. The zero-order chi connectivity index (χ0) is 19.8. The summed E-state index contributed by atoms with van der Waals surface area (Å²) in [6, 6.07) is 0. The van der Waals surface area contributed by atoms with Crippen LogP contribution in [0.1, 0.15) is 155 Å². The molecular formula is C25H50F2. The third kappa shape index (κ3) is 25.9. The summed E-state index contributed by atoms with van der Waals surface area (Å²) in [5.74, 6) is 0. The van der Waals surface area contributed by atoms with Crippen molar-refractivity contribution in [3.8, 4) is 0 Å². The summed E-state index contributed by atoms with van der Waals surface area (Å²) in [4.78, 5) is 0. The second-order valence-corrected chi connectivity index (χ2v) is 8.60. The van der Waals surface area contributed by atoms with Crippen molar-refractivity contribution < 1.29 is 8.78 Å². The van der Waals surface area contributed by atoms with Crippen LogP contribution in [0.3, 0.4) is 0 Å². The predicted molar refractivity (Wildman–Crippen MR) is 118 cm³/mol. The molecule has 0 N–H and O–H groups in total. The quantitative estimate of drug-likeness (QED) is 0.153. The maximum absolute atomic E-state index is 12.0. The topological polar surface area (TPSA) is 0 Å². The predicted octanol–water partition coefficient (Wildman–Crippen LogP) is 10.2. The second-order valence-electron chi connectivity index (χ2n) is 8.60. The van der Waals surface area contributed by atoms with Crippen molar-refractivity contribution in [2.75, 3.05) is 0 Å². The number of hydrogen-bond acceptors (Lipinski definition) is 0. The van der Waals surface area contributed by atoms with Gasteiger partial charge in [0, 0.05) is 6.42 Å². The molecule has 0 heterocycles. The number of hydrogen-bond donors (Lipinski definition) is 0. The lowest BCUT2D eigenvalue weighted by Gasteiger charge is -2.04. The van der Waals surface area contributed by atoms with Crippen molar-refractivity contribution in [1.82, 2.24) is 0 Å². The summed E-state index contributed by atoms with van der Waals surface area (Å²) in [5, 5.41) is 0. The minimum Gasteiger partial charge on any atom is -0.211 e. The Hall–Kier alpha value is -0.140. The van der Waals surface area contributed by atoms with Crippen LogP contribution in [-0.2, 0) is 0 Å². The van der Waals surface area contributed by atoms with Crippen LogP contribution < -0.4 is 0 Å². The van der Waals surface area contributed by atoms with Gasteiger partial charge in [0.2, 0.25) is 6.43 Å². The first kappa shape index (κ1) is 26.9. The lowest BCUT2D eigenvalue weighted by molar-refractivity contribution is 0.133. The Morgan fingerprint density at radius 2 is 0.593 bits per heavy atom. The van der Waals surface area contributed by atoms with Gasteiger partial charge in [0.1, 0.15) is 0 Å². The molecule has 27 heavy (non-hydrogen) atoms. The molecule has 0 amide bonds. The molecule has 0 aliphatic heterocycles. The molecule has 0 aromatic rings. The molecule has 0 spiro atoms. The Balaban J connectivity index is 2.97. The second kappa shape index (κ2) is 23.9. The van der Waals surface area contributed by atoms with Crippen molar-refractivity contribution in [2.24, 2.45) is 0 Å². The van der Waals surface area contributed by atoms with Gasteiger partial charge in [-0.2, -0.15) is 0 Å². The Kier molecular flexibility index (Phi) is 23.8. The number of halogens is 2. The zero-order valence-corrected chi connectivity index (χ0v) is 18.6. The van der Waals surface area contributed by atoms with E-state index in [1.165, 1.54) is 122 Å². The lowest BCUT2D eigenvalue weighted by Crippen LogP contribution is -1.89. The standard InChI is InChI=1S/C25H50F2/c1-2-3-4-5-6-7-8-9-10-11-12-13-14-15-16-17-18-19-20-21-22-23-24-25(26)27/h25H,2-24H2,1H3. The molecule has 0 aliphatic carbocycles. The molecule has 2 heteroatoms. The van der Waals surface area contributed by atoms with E-state index in [1.807, 2.05) is 0 Å².